The zero-order valence-corrected chi connectivity index (χ0v) is 18.7. The highest BCUT2D eigenvalue weighted by Gasteiger charge is 2.29. The maximum atomic E-state index is 12.0. The number of anilines is 1. The Hall–Kier alpha value is -4.32. The molecule has 1 fully saturated rings. The predicted molar refractivity (Wildman–Crippen MR) is 126 cm³/mol. The van der Waals surface area contributed by atoms with Gasteiger partial charge in [-0.25, -0.2) is 4.98 Å². The Bertz CT molecular complexity index is 1200. The fourth-order valence-corrected chi connectivity index (χ4v) is 3.89. The summed E-state index contributed by atoms with van der Waals surface area (Å²) in [4.78, 5) is 34.0. The summed E-state index contributed by atoms with van der Waals surface area (Å²) in [5, 5.41) is 12.1. The monoisotopic (exact) mass is 457 g/mol. The van der Waals surface area contributed by atoms with Gasteiger partial charge < -0.3 is 14.4 Å². The molecule has 172 valence electrons. The molecule has 0 bridgehead atoms. The van der Waals surface area contributed by atoms with E-state index in [4.69, 9.17) is 14.7 Å². The molecule has 9 heteroatoms. The molecule has 1 aliphatic heterocycles. The van der Waals surface area contributed by atoms with Crippen LogP contribution in [0.25, 0.3) is 11.1 Å². The van der Waals surface area contributed by atoms with Gasteiger partial charge in [-0.05, 0) is 60.3 Å². The SMILES string of the molecule is CCOC(=O)C1CCN(c2ncnc(Oc3ccc(-c4ccc(C#N)cc4)cc3)c2N=O)CC1. The van der Waals surface area contributed by atoms with Gasteiger partial charge in [0.25, 0.3) is 5.88 Å². The van der Waals surface area contributed by atoms with E-state index in [2.05, 4.69) is 21.2 Å². The van der Waals surface area contributed by atoms with Crippen LogP contribution in [0.3, 0.4) is 0 Å². The van der Waals surface area contributed by atoms with Crippen molar-refractivity contribution in [2.45, 2.75) is 19.8 Å². The Balaban J connectivity index is 1.48. The lowest BCUT2D eigenvalue weighted by Gasteiger charge is -2.31. The largest absolute Gasteiger partial charge is 0.466 e. The Kier molecular flexibility index (Phi) is 7.08. The molecule has 2 aromatic carbocycles. The summed E-state index contributed by atoms with van der Waals surface area (Å²) >= 11 is 0. The van der Waals surface area contributed by atoms with Gasteiger partial charge in [-0.1, -0.05) is 24.3 Å². The molecule has 0 saturated carbocycles. The quantitative estimate of drug-likeness (QED) is 0.360. The number of ether oxygens (including phenoxy) is 2. The van der Waals surface area contributed by atoms with E-state index in [1.165, 1.54) is 6.33 Å². The molecule has 0 atom stereocenters. The highest BCUT2D eigenvalue weighted by Crippen LogP contribution is 2.38. The van der Waals surface area contributed by atoms with Crippen LogP contribution in [-0.4, -0.2) is 35.6 Å². The second-order valence-corrected chi connectivity index (χ2v) is 7.77. The van der Waals surface area contributed by atoms with Crippen molar-refractivity contribution in [1.29, 1.82) is 5.26 Å². The molecular weight excluding hydrogens is 434 g/mol. The van der Waals surface area contributed by atoms with E-state index in [9.17, 15) is 9.70 Å². The van der Waals surface area contributed by atoms with Crippen LogP contribution >= 0.6 is 0 Å². The molecule has 2 heterocycles. The van der Waals surface area contributed by atoms with Gasteiger partial charge in [0.2, 0.25) is 5.69 Å². The van der Waals surface area contributed by atoms with E-state index in [1.807, 2.05) is 29.2 Å². The number of benzene rings is 2. The number of rotatable bonds is 7. The van der Waals surface area contributed by atoms with Crippen LogP contribution in [0.15, 0.2) is 60.0 Å². The van der Waals surface area contributed by atoms with Crippen LogP contribution in [0, 0.1) is 22.2 Å². The minimum atomic E-state index is -0.188. The first-order valence-electron chi connectivity index (χ1n) is 11.0. The maximum absolute atomic E-state index is 12.0. The highest BCUT2D eigenvalue weighted by molar-refractivity contribution is 5.73. The van der Waals surface area contributed by atoms with E-state index >= 15 is 0 Å². The maximum Gasteiger partial charge on any atom is 0.309 e. The third kappa shape index (κ3) is 5.02. The second-order valence-electron chi connectivity index (χ2n) is 7.77. The number of esters is 1. The number of piperidine rings is 1. The average molecular weight is 457 g/mol. The van der Waals surface area contributed by atoms with Gasteiger partial charge in [0.15, 0.2) is 5.82 Å². The van der Waals surface area contributed by atoms with Crippen molar-refractivity contribution in [2.24, 2.45) is 11.1 Å². The van der Waals surface area contributed by atoms with Gasteiger partial charge in [-0.2, -0.15) is 10.2 Å². The highest BCUT2D eigenvalue weighted by atomic mass is 16.5. The molecule has 0 N–H and O–H groups in total. The van der Waals surface area contributed by atoms with Gasteiger partial charge in [-0.15, -0.1) is 4.91 Å². The first-order chi connectivity index (χ1) is 16.6. The molecule has 1 aromatic heterocycles. The number of carbonyl (C=O) groups excluding carboxylic acids is 1. The zero-order valence-electron chi connectivity index (χ0n) is 18.7. The molecule has 0 aliphatic carbocycles. The van der Waals surface area contributed by atoms with E-state index in [0.29, 0.717) is 49.7 Å². The first kappa shape index (κ1) is 22.9. The van der Waals surface area contributed by atoms with Gasteiger partial charge in [0.1, 0.15) is 12.1 Å². The number of hydrogen-bond donors (Lipinski definition) is 0. The normalized spacial score (nSPS) is 13.7. The van der Waals surface area contributed by atoms with Crippen LogP contribution in [-0.2, 0) is 9.53 Å². The Morgan fingerprint density at radius 3 is 2.32 bits per heavy atom. The smallest absolute Gasteiger partial charge is 0.309 e. The molecule has 9 nitrogen and oxygen atoms in total. The van der Waals surface area contributed by atoms with E-state index < -0.39 is 0 Å². The lowest BCUT2D eigenvalue weighted by atomic mass is 9.97. The van der Waals surface area contributed by atoms with E-state index in [-0.39, 0.29) is 23.5 Å². The summed E-state index contributed by atoms with van der Waals surface area (Å²) in [6, 6.07) is 16.7. The number of hydrogen-bond acceptors (Lipinski definition) is 9. The third-order valence-corrected chi connectivity index (χ3v) is 5.69. The topological polar surface area (TPSA) is 118 Å². The first-order valence-corrected chi connectivity index (χ1v) is 11.0. The van der Waals surface area contributed by atoms with Crippen LogP contribution < -0.4 is 9.64 Å². The minimum Gasteiger partial charge on any atom is -0.466 e. The molecular formula is C25H23N5O4. The van der Waals surface area contributed by atoms with Crippen LogP contribution in [0.2, 0.25) is 0 Å². The Morgan fingerprint density at radius 1 is 1.09 bits per heavy atom. The summed E-state index contributed by atoms with van der Waals surface area (Å²) in [7, 11) is 0. The molecule has 3 aromatic rings. The number of carbonyl (C=O) groups is 1. The average Bonchev–Trinajstić information content (AvgIpc) is 2.89. The molecule has 1 saturated heterocycles. The fourth-order valence-electron chi connectivity index (χ4n) is 3.89. The predicted octanol–water partition coefficient (Wildman–Crippen LogP) is 4.98. The minimum absolute atomic E-state index is 0.0215. The van der Waals surface area contributed by atoms with Crippen LogP contribution in [0.5, 0.6) is 11.6 Å². The van der Waals surface area contributed by atoms with E-state index in [1.54, 1.807) is 31.2 Å². The van der Waals surface area contributed by atoms with Crippen molar-refractivity contribution in [3.63, 3.8) is 0 Å². The Labute approximate surface area is 196 Å². The van der Waals surface area contributed by atoms with Crippen molar-refractivity contribution in [3.8, 4) is 28.8 Å². The van der Waals surface area contributed by atoms with Crippen molar-refractivity contribution in [2.75, 3.05) is 24.6 Å². The van der Waals surface area contributed by atoms with Gasteiger partial charge >= 0.3 is 5.97 Å². The number of nitriles is 1. The molecule has 0 unspecified atom stereocenters. The van der Waals surface area contributed by atoms with Crippen LogP contribution in [0.4, 0.5) is 11.5 Å². The number of nitroso groups, excluding NO2 is 1. The van der Waals surface area contributed by atoms with Crippen molar-refractivity contribution < 1.29 is 14.3 Å². The summed E-state index contributed by atoms with van der Waals surface area (Å²) in [6.07, 6.45) is 2.55. The van der Waals surface area contributed by atoms with Gasteiger partial charge in [-0.3, -0.25) is 4.79 Å². The third-order valence-electron chi connectivity index (χ3n) is 5.69. The summed E-state index contributed by atoms with van der Waals surface area (Å²) in [5.41, 5.74) is 2.55. The molecule has 0 spiro atoms. The molecule has 4 rings (SSSR count). The zero-order chi connectivity index (χ0) is 23.9. The summed E-state index contributed by atoms with van der Waals surface area (Å²) < 4.78 is 11.0. The molecule has 1 aliphatic rings. The lowest BCUT2D eigenvalue weighted by Crippen LogP contribution is -2.37. The summed E-state index contributed by atoms with van der Waals surface area (Å²) in [6.45, 7) is 3.24. The summed E-state index contributed by atoms with van der Waals surface area (Å²) in [5.74, 6) is 0.603. The van der Waals surface area contributed by atoms with Crippen molar-refractivity contribution in [3.05, 3.63) is 65.3 Å². The second kappa shape index (κ2) is 10.5. The van der Waals surface area contributed by atoms with Crippen molar-refractivity contribution in [1.82, 2.24) is 9.97 Å². The molecule has 34 heavy (non-hydrogen) atoms. The van der Waals surface area contributed by atoms with Gasteiger partial charge in [0, 0.05) is 13.1 Å². The number of nitrogens with zero attached hydrogens (tertiary/aromatic N) is 5. The standard InChI is InChI=1S/C25H23N5O4/c1-2-33-25(31)20-11-13-30(14-12-20)23-22(29-32)24(28-16-27-23)34-21-9-7-19(8-10-21)18-5-3-17(15-26)4-6-18/h3-10,16,20H,2,11-14H2,1H3. The van der Waals surface area contributed by atoms with E-state index in [0.717, 1.165) is 11.1 Å². The Morgan fingerprint density at radius 2 is 1.74 bits per heavy atom. The number of aromatic nitrogens is 2. The van der Waals surface area contributed by atoms with Crippen LogP contribution in [0.1, 0.15) is 25.3 Å². The fraction of sp³-hybridized carbons (Fsp3) is 0.280. The van der Waals surface area contributed by atoms with Gasteiger partial charge in [0.05, 0.1) is 24.2 Å². The lowest BCUT2D eigenvalue weighted by molar-refractivity contribution is -0.148. The molecule has 0 amide bonds. The molecule has 0 radical (unpaired) electrons. The van der Waals surface area contributed by atoms with Crippen molar-refractivity contribution >= 4 is 17.5 Å².